The predicted molar refractivity (Wildman–Crippen MR) is 76.8 cm³/mol. The third kappa shape index (κ3) is 1.93. The second-order valence-electron chi connectivity index (χ2n) is 4.30. The van der Waals surface area contributed by atoms with Gasteiger partial charge >= 0.3 is 0 Å². The molecule has 1 N–H and O–H groups in total. The van der Waals surface area contributed by atoms with E-state index < -0.39 is 0 Å². The Labute approximate surface area is 111 Å². The number of ether oxygens (including phenoxy) is 2. The quantitative estimate of drug-likeness (QED) is 0.769. The van der Waals surface area contributed by atoms with Crippen LogP contribution in [0.25, 0.3) is 22.2 Å². The zero-order chi connectivity index (χ0) is 13.2. The Morgan fingerprint density at radius 3 is 2.37 bits per heavy atom. The van der Waals surface area contributed by atoms with E-state index in [1.165, 1.54) is 0 Å². The van der Waals surface area contributed by atoms with Crippen LogP contribution in [0.3, 0.4) is 0 Å². The number of aromatic nitrogens is 1. The largest absolute Gasteiger partial charge is 0.496 e. The van der Waals surface area contributed by atoms with Gasteiger partial charge in [0, 0.05) is 16.5 Å². The van der Waals surface area contributed by atoms with Crippen LogP contribution in [0, 0.1) is 0 Å². The highest BCUT2D eigenvalue weighted by Gasteiger charge is 2.10. The molecule has 0 aliphatic rings. The Bertz CT molecular complexity index is 716. The van der Waals surface area contributed by atoms with E-state index in [2.05, 4.69) is 11.1 Å². The molecule has 0 atom stereocenters. The molecule has 1 heterocycles. The molecule has 0 amide bonds. The number of para-hydroxylation sites is 1. The summed E-state index contributed by atoms with van der Waals surface area (Å²) >= 11 is 0. The number of rotatable bonds is 3. The number of hydrogen-bond acceptors (Lipinski definition) is 2. The fourth-order valence-corrected chi connectivity index (χ4v) is 2.32. The minimum absolute atomic E-state index is 0.855. The third-order valence-electron chi connectivity index (χ3n) is 3.24. The fraction of sp³-hybridized carbons (Fsp3) is 0.125. The fourth-order valence-electron chi connectivity index (χ4n) is 2.32. The van der Waals surface area contributed by atoms with Gasteiger partial charge in [-0.3, -0.25) is 0 Å². The molecule has 3 rings (SSSR count). The van der Waals surface area contributed by atoms with Gasteiger partial charge < -0.3 is 14.5 Å². The van der Waals surface area contributed by atoms with Crippen molar-refractivity contribution in [2.24, 2.45) is 0 Å². The summed E-state index contributed by atoms with van der Waals surface area (Å²) in [5, 5.41) is 1.07. The van der Waals surface area contributed by atoms with Gasteiger partial charge in [-0.05, 0) is 30.3 Å². The van der Waals surface area contributed by atoms with E-state index in [9.17, 15) is 0 Å². The van der Waals surface area contributed by atoms with Crippen molar-refractivity contribution in [3.8, 4) is 22.8 Å². The molecule has 3 nitrogen and oxygen atoms in total. The van der Waals surface area contributed by atoms with Gasteiger partial charge in [0.1, 0.15) is 11.5 Å². The molecular weight excluding hydrogens is 238 g/mol. The Morgan fingerprint density at radius 2 is 1.58 bits per heavy atom. The average molecular weight is 253 g/mol. The van der Waals surface area contributed by atoms with E-state index in [0.29, 0.717) is 0 Å². The van der Waals surface area contributed by atoms with Crippen molar-refractivity contribution in [3.63, 3.8) is 0 Å². The highest BCUT2D eigenvalue weighted by atomic mass is 16.5. The maximum absolute atomic E-state index is 5.40. The number of fused-ring (bicyclic) bond motifs is 1. The smallest absolute Gasteiger partial charge is 0.128 e. The van der Waals surface area contributed by atoms with Crippen molar-refractivity contribution in [2.45, 2.75) is 0 Å². The second kappa shape index (κ2) is 4.69. The second-order valence-corrected chi connectivity index (χ2v) is 4.30. The van der Waals surface area contributed by atoms with Crippen molar-refractivity contribution in [1.29, 1.82) is 0 Å². The summed E-state index contributed by atoms with van der Waals surface area (Å²) in [6.07, 6.45) is 0. The first-order valence-electron chi connectivity index (χ1n) is 6.12. The number of hydrogen-bond donors (Lipinski definition) is 1. The lowest BCUT2D eigenvalue weighted by atomic mass is 10.1. The van der Waals surface area contributed by atoms with E-state index in [0.717, 1.165) is 33.7 Å². The van der Waals surface area contributed by atoms with E-state index >= 15 is 0 Å². The van der Waals surface area contributed by atoms with Crippen LogP contribution < -0.4 is 9.47 Å². The van der Waals surface area contributed by atoms with Gasteiger partial charge in [0.2, 0.25) is 0 Å². The van der Waals surface area contributed by atoms with Gasteiger partial charge in [-0.25, -0.2) is 0 Å². The Balaban J connectivity index is 2.21. The molecule has 0 bridgehead atoms. The molecule has 0 unspecified atom stereocenters. The molecule has 0 saturated heterocycles. The molecule has 1 aromatic heterocycles. The molecule has 0 fully saturated rings. The van der Waals surface area contributed by atoms with Crippen LogP contribution >= 0.6 is 0 Å². The lowest BCUT2D eigenvalue weighted by molar-refractivity contribution is 0.416. The lowest BCUT2D eigenvalue weighted by Crippen LogP contribution is -1.86. The van der Waals surface area contributed by atoms with Crippen LogP contribution in [-0.2, 0) is 0 Å². The molecule has 3 heteroatoms. The van der Waals surface area contributed by atoms with Crippen molar-refractivity contribution in [2.75, 3.05) is 14.2 Å². The van der Waals surface area contributed by atoms with Crippen molar-refractivity contribution < 1.29 is 9.47 Å². The molecule has 19 heavy (non-hydrogen) atoms. The standard InChI is InChI=1S/C16H15NO2/c1-18-15-8-4-3-6-11(15)14-10-12-13(17-14)7-5-9-16(12)19-2/h3-10,17H,1-2H3. The van der Waals surface area contributed by atoms with E-state index in [1.807, 2.05) is 42.5 Å². The monoisotopic (exact) mass is 253 g/mol. The number of H-pyrrole nitrogens is 1. The predicted octanol–water partition coefficient (Wildman–Crippen LogP) is 3.85. The highest BCUT2D eigenvalue weighted by molar-refractivity contribution is 5.91. The number of benzene rings is 2. The summed E-state index contributed by atoms with van der Waals surface area (Å²) in [4.78, 5) is 3.40. The van der Waals surface area contributed by atoms with Gasteiger partial charge in [0.15, 0.2) is 0 Å². The van der Waals surface area contributed by atoms with Crippen LogP contribution in [0.5, 0.6) is 11.5 Å². The third-order valence-corrected chi connectivity index (χ3v) is 3.24. The van der Waals surface area contributed by atoms with Crippen LogP contribution in [0.4, 0.5) is 0 Å². The zero-order valence-electron chi connectivity index (χ0n) is 10.9. The Hall–Kier alpha value is -2.42. The maximum atomic E-state index is 5.40. The minimum Gasteiger partial charge on any atom is -0.496 e. The van der Waals surface area contributed by atoms with Gasteiger partial charge in [-0.2, -0.15) is 0 Å². The molecule has 96 valence electrons. The molecule has 0 radical (unpaired) electrons. The van der Waals surface area contributed by atoms with Crippen LogP contribution in [0.15, 0.2) is 48.5 Å². The van der Waals surface area contributed by atoms with E-state index in [4.69, 9.17) is 9.47 Å². The average Bonchev–Trinajstić information content (AvgIpc) is 2.90. The highest BCUT2D eigenvalue weighted by Crippen LogP contribution is 2.34. The molecule has 0 aliphatic heterocycles. The van der Waals surface area contributed by atoms with E-state index in [1.54, 1.807) is 14.2 Å². The lowest BCUT2D eigenvalue weighted by Gasteiger charge is -2.05. The SMILES string of the molecule is COc1ccccc1-c1cc2c(OC)cccc2[nH]1. The maximum Gasteiger partial charge on any atom is 0.128 e. The molecule has 2 aromatic carbocycles. The minimum atomic E-state index is 0.855. The summed E-state index contributed by atoms with van der Waals surface area (Å²) in [6, 6.07) is 16.0. The molecular formula is C16H15NO2. The number of nitrogens with one attached hydrogen (secondary N) is 1. The van der Waals surface area contributed by atoms with E-state index in [-0.39, 0.29) is 0 Å². The van der Waals surface area contributed by atoms with Crippen molar-refractivity contribution in [3.05, 3.63) is 48.5 Å². The van der Waals surface area contributed by atoms with Gasteiger partial charge in [0.05, 0.1) is 19.9 Å². The number of aromatic amines is 1. The molecule has 3 aromatic rings. The molecule has 0 saturated carbocycles. The Morgan fingerprint density at radius 1 is 0.842 bits per heavy atom. The van der Waals surface area contributed by atoms with Crippen LogP contribution in [0.1, 0.15) is 0 Å². The number of methoxy groups -OCH3 is 2. The van der Waals surface area contributed by atoms with Gasteiger partial charge in [0.25, 0.3) is 0 Å². The summed E-state index contributed by atoms with van der Waals surface area (Å²) < 4.78 is 10.8. The zero-order valence-corrected chi connectivity index (χ0v) is 10.9. The van der Waals surface area contributed by atoms with Crippen molar-refractivity contribution >= 4 is 10.9 Å². The summed E-state index contributed by atoms with van der Waals surface area (Å²) in [7, 11) is 3.37. The first-order chi connectivity index (χ1) is 9.33. The normalized spacial score (nSPS) is 10.6. The topological polar surface area (TPSA) is 34.2 Å². The van der Waals surface area contributed by atoms with Gasteiger partial charge in [-0.15, -0.1) is 0 Å². The first kappa shape index (κ1) is 11.7. The van der Waals surface area contributed by atoms with Crippen LogP contribution in [-0.4, -0.2) is 19.2 Å². The van der Waals surface area contributed by atoms with Gasteiger partial charge in [-0.1, -0.05) is 18.2 Å². The summed E-state index contributed by atoms with van der Waals surface area (Å²) in [5.74, 6) is 1.72. The molecule has 0 spiro atoms. The summed E-state index contributed by atoms with van der Waals surface area (Å²) in [5.41, 5.74) is 3.13. The van der Waals surface area contributed by atoms with Crippen molar-refractivity contribution in [1.82, 2.24) is 4.98 Å². The first-order valence-corrected chi connectivity index (χ1v) is 6.12. The Kier molecular flexibility index (Phi) is 2.88. The summed E-state index contributed by atoms with van der Waals surface area (Å²) in [6.45, 7) is 0. The van der Waals surface area contributed by atoms with Crippen LogP contribution in [0.2, 0.25) is 0 Å². The molecule has 0 aliphatic carbocycles.